The maximum atomic E-state index is 5.59. The zero-order valence-electron chi connectivity index (χ0n) is 8.01. The van der Waals surface area contributed by atoms with E-state index in [0.717, 1.165) is 22.8 Å². The molecule has 0 saturated heterocycles. The lowest BCUT2D eigenvalue weighted by molar-refractivity contribution is 0.328. The van der Waals surface area contributed by atoms with Crippen LogP contribution in [0.1, 0.15) is 5.56 Å². The molecule has 0 atom stereocenters. The Morgan fingerprint density at radius 3 is 3.13 bits per heavy atom. The van der Waals surface area contributed by atoms with Crippen LogP contribution in [0.4, 0.5) is 0 Å². The molecule has 1 aromatic rings. The van der Waals surface area contributed by atoms with Crippen LogP contribution in [0.2, 0.25) is 0 Å². The van der Waals surface area contributed by atoms with E-state index >= 15 is 0 Å². The van der Waals surface area contributed by atoms with Crippen molar-refractivity contribution in [3.05, 3.63) is 47.9 Å². The topological polar surface area (TPSA) is 30.8 Å². The van der Waals surface area contributed by atoms with E-state index in [-0.39, 0.29) is 0 Å². The van der Waals surface area contributed by atoms with Crippen molar-refractivity contribution in [2.24, 2.45) is 4.99 Å². The second-order valence-electron chi connectivity index (χ2n) is 3.25. The molecule has 2 heterocycles. The highest BCUT2D eigenvalue weighted by Crippen LogP contribution is 2.33. The number of fused-ring (bicyclic) bond motifs is 2. The summed E-state index contributed by atoms with van der Waals surface area (Å²) < 4.78 is 11.1. The maximum Gasteiger partial charge on any atom is 0.156 e. The third kappa shape index (κ3) is 1.32. The number of hydrogen-bond acceptors (Lipinski definition) is 3. The molecular weight excluding hydrogens is 190 g/mol. The first kappa shape index (κ1) is 8.29. The number of para-hydroxylation sites is 1. The van der Waals surface area contributed by atoms with E-state index in [2.05, 4.69) is 4.99 Å². The van der Waals surface area contributed by atoms with Gasteiger partial charge in [0, 0.05) is 12.3 Å². The maximum absolute atomic E-state index is 5.59. The Kier molecular flexibility index (Phi) is 1.81. The highest BCUT2D eigenvalue weighted by molar-refractivity contribution is 5.77. The standard InChI is InChI=1S/C12H9NO2/c1-2-4-11-9(3-1)12-10(5-7-14-11)13-6-8-15-12/h1-7H,8H2. The van der Waals surface area contributed by atoms with Gasteiger partial charge in [0.2, 0.25) is 0 Å². The molecule has 0 N–H and O–H groups in total. The lowest BCUT2D eigenvalue weighted by Crippen LogP contribution is -2.03. The molecule has 74 valence electrons. The Hall–Kier alpha value is -2.03. The van der Waals surface area contributed by atoms with Gasteiger partial charge in [0.15, 0.2) is 5.76 Å². The van der Waals surface area contributed by atoms with Crippen molar-refractivity contribution >= 4 is 12.0 Å². The fourth-order valence-corrected chi connectivity index (χ4v) is 1.65. The lowest BCUT2D eigenvalue weighted by Gasteiger charge is -2.14. The summed E-state index contributed by atoms with van der Waals surface area (Å²) in [4.78, 5) is 4.27. The summed E-state index contributed by atoms with van der Waals surface area (Å²) in [5.41, 5.74) is 1.76. The SMILES string of the molecule is C1=CC2=C(OCC=N2)c2ccccc2O1. The molecule has 0 aliphatic carbocycles. The van der Waals surface area contributed by atoms with Crippen LogP contribution in [-0.4, -0.2) is 12.8 Å². The van der Waals surface area contributed by atoms with E-state index in [1.165, 1.54) is 0 Å². The van der Waals surface area contributed by atoms with Crippen molar-refractivity contribution in [1.29, 1.82) is 0 Å². The van der Waals surface area contributed by atoms with Gasteiger partial charge >= 0.3 is 0 Å². The number of nitrogens with zero attached hydrogens (tertiary/aromatic N) is 1. The zero-order chi connectivity index (χ0) is 10.1. The van der Waals surface area contributed by atoms with Crippen molar-refractivity contribution in [3.8, 4) is 5.75 Å². The molecule has 3 rings (SSSR count). The summed E-state index contributed by atoms with van der Waals surface area (Å²) in [7, 11) is 0. The van der Waals surface area contributed by atoms with Crippen LogP contribution in [0.25, 0.3) is 5.76 Å². The normalized spacial score (nSPS) is 17.3. The molecule has 2 aliphatic rings. The average Bonchev–Trinajstić information content (AvgIpc) is 2.48. The molecule has 0 unspecified atom stereocenters. The molecule has 0 fully saturated rings. The number of allylic oxidation sites excluding steroid dienone is 1. The predicted octanol–water partition coefficient (Wildman–Crippen LogP) is 2.36. The Bertz CT molecular complexity index is 486. The van der Waals surface area contributed by atoms with E-state index in [9.17, 15) is 0 Å². The van der Waals surface area contributed by atoms with Crippen LogP contribution in [0.5, 0.6) is 5.75 Å². The molecule has 0 radical (unpaired) electrons. The number of hydrogen-bond donors (Lipinski definition) is 0. The zero-order valence-corrected chi connectivity index (χ0v) is 8.01. The van der Waals surface area contributed by atoms with Crippen LogP contribution in [0.3, 0.4) is 0 Å². The minimum atomic E-state index is 0.515. The van der Waals surface area contributed by atoms with Crippen molar-refractivity contribution in [3.63, 3.8) is 0 Å². The van der Waals surface area contributed by atoms with Crippen molar-refractivity contribution in [2.75, 3.05) is 6.61 Å². The molecule has 0 aromatic heterocycles. The molecule has 0 bridgehead atoms. The average molecular weight is 199 g/mol. The van der Waals surface area contributed by atoms with Crippen molar-refractivity contribution < 1.29 is 9.47 Å². The fourth-order valence-electron chi connectivity index (χ4n) is 1.65. The first-order valence-electron chi connectivity index (χ1n) is 4.77. The second kappa shape index (κ2) is 3.28. The molecule has 15 heavy (non-hydrogen) atoms. The van der Waals surface area contributed by atoms with E-state index in [4.69, 9.17) is 9.47 Å². The molecule has 0 amide bonds. The van der Waals surface area contributed by atoms with Gasteiger partial charge in [0.1, 0.15) is 18.1 Å². The monoisotopic (exact) mass is 199 g/mol. The summed E-state index contributed by atoms with van der Waals surface area (Å²) in [5.74, 6) is 1.60. The van der Waals surface area contributed by atoms with Crippen molar-refractivity contribution in [2.45, 2.75) is 0 Å². The predicted molar refractivity (Wildman–Crippen MR) is 57.6 cm³/mol. The van der Waals surface area contributed by atoms with Gasteiger partial charge < -0.3 is 9.47 Å². The minimum absolute atomic E-state index is 0.515. The number of aliphatic imine (C=N–C) groups is 1. The highest BCUT2D eigenvalue weighted by atomic mass is 16.5. The first-order valence-corrected chi connectivity index (χ1v) is 4.77. The molecule has 2 aliphatic heterocycles. The largest absolute Gasteiger partial charge is 0.485 e. The number of ether oxygens (including phenoxy) is 2. The van der Waals surface area contributed by atoms with Gasteiger partial charge in [0.25, 0.3) is 0 Å². The van der Waals surface area contributed by atoms with Gasteiger partial charge in [-0.15, -0.1) is 0 Å². The van der Waals surface area contributed by atoms with Gasteiger partial charge in [0.05, 0.1) is 11.8 Å². The molecule has 3 nitrogen and oxygen atoms in total. The smallest absolute Gasteiger partial charge is 0.156 e. The Labute approximate surface area is 87.4 Å². The molecule has 0 saturated carbocycles. The second-order valence-corrected chi connectivity index (χ2v) is 3.25. The van der Waals surface area contributed by atoms with Crippen LogP contribution in [0.15, 0.2) is 47.3 Å². The summed E-state index contributed by atoms with van der Waals surface area (Å²) in [6.45, 7) is 0.515. The minimum Gasteiger partial charge on any atom is -0.485 e. The third-order valence-electron chi connectivity index (χ3n) is 2.32. The van der Waals surface area contributed by atoms with E-state index in [0.29, 0.717) is 6.61 Å². The summed E-state index contributed by atoms with van der Waals surface area (Å²) >= 11 is 0. The molecule has 0 spiro atoms. The van der Waals surface area contributed by atoms with Gasteiger partial charge in [-0.3, -0.25) is 4.99 Å². The van der Waals surface area contributed by atoms with Crippen LogP contribution in [0, 0.1) is 0 Å². The summed E-state index contributed by atoms with van der Waals surface area (Å²) in [6, 6.07) is 7.78. The van der Waals surface area contributed by atoms with E-state index < -0.39 is 0 Å². The summed E-state index contributed by atoms with van der Waals surface area (Å²) in [6.07, 6.45) is 5.19. The number of rotatable bonds is 0. The third-order valence-corrected chi connectivity index (χ3v) is 2.32. The highest BCUT2D eigenvalue weighted by Gasteiger charge is 2.17. The van der Waals surface area contributed by atoms with E-state index in [1.54, 1.807) is 12.5 Å². The molecule has 1 aromatic carbocycles. The Morgan fingerprint density at radius 1 is 1.20 bits per heavy atom. The van der Waals surface area contributed by atoms with Gasteiger partial charge in [-0.1, -0.05) is 12.1 Å². The summed E-state index contributed by atoms with van der Waals surface area (Å²) in [5, 5.41) is 0. The van der Waals surface area contributed by atoms with Gasteiger partial charge in [-0.2, -0.15) is 0 Å². The van der Waals surface area contributed by atoms with Crippen molar-refractivity contribution in [1.82, 2.24) is 0 Å². The number of benzene rings is 1. The van der Waals surface area contributed by atoms with Crippen LogP contribution >= 0.6 is 0 Å². The van der Waals surface area contributed by atoms with Gasteiger partial charge in [-0.25, -0.2) is 0 Å². The molecule has 3 heteroatoms. The molecular formula is C12H9NO2. The van der Waals surface area contributed by atoms with Gasteiger partial charge in [-0.05, 0) is 12.1 Å². The van der Waals surface area contributed by atoms with Crippen LogP contribution < -0.4 is 4.74 Å². The lowest BCUT2D eigenvalue weighted by atomic mass is 10.1. The van der Waals surface area contributed by atoms with Crippen LogP contribution in [-0.2, 0) is 4.74 Å². The fraction of sp³-hybridized carbons (Fsp3) is 0.0833. The Morgan fingerprint density at radius 2 is 2.13 bits per heavy atom. The quantitative estimate of drug-likeness (QED) is 0.642. The first-order chi connectivity index (χ1) is 7.45. The Balaban J connectivity index is 2.23. The van der Waals surface area contributed by atoms with E-state index in [1.807, 2.05) is 30.3 Å².